The number of nitriles is 1. The van der Waals surface area contributed by atoms with Gasteiger partial charge in [0.25, 0.3) is 0 Å². The third-order valence-corrected chi connectivity index (χ3v) is 5.91. The van der Waals surface area contributed by atoms with E-state index in [1.54, 1.807) is 0 Å². The van der Waals surface area contributed by atoms with Crippen LogP contribution in [0.4, 0.5) is 11.6 Å². The molecular weight excluding hydrogens is 382 g/mol. The molecule has 0 saturated carbocycles. The minimum Gasteiger partial charge on any atom is -0.383 e. The summed E-state index contributed by atoms with van der Waals surface area (Å²) >= 11 is 0. The number of rotatable bonds is 3. The van der Waals surface area contributed by atoms with Gasteiger partial charge < -0.3 is 10.6 Å². The first kappa shape index (κ1) is 19.1. The zero-order valence-electron chi connectivity index (χ0n) is 17.5. The molecule has 2 aromatic heterocycles. The summed E-state index contributed by atoms with van der Waals surface area (Å²) in [6, 6.07) is 22.8. The fourth-order valence-corrected chi connectivity index (χ4v) is 4.30. The molecule has 4 aromatic rings. The minimum absolute atomic E-state index is 0.415. The van der Waals surface area contributed by atoms with E-state index >= 15 is 0 Å². The number of nitrogens with two attached hydrogens (primary N) is 1. The van der Waals surface area contributed by atoms with Crippen molar-refractivity contribution in [2.45, 2.75) is 19.8 Å². The number of aryl methyl sites for hydroxylation is 1. The summed E-state index contributed by atoms with van der Waals surface area (Å²) in [5, 5.41) is 10.9. The summed E-state index contributed by atoms with van der Waals surface area (Å²) in [5.74, 6) is 1.07. The van der Waals surface area contributed by atoms with Crippen molar-refractivity contribution >= 4 is 22.5 Å². The molecule has 0 radical (unpaired) electrons. The minimum atomic E-state index is 0.415. The van der Waals surface area contributed by atoms with Crippen molar-refractivity contribution in [3.05, 3.63) is 71.8 Å². The maximum Gasteiger partial charge on any atom is 0.151 e. The molecule has 0 spiro atoms. The lowest BCUT2D eigenvalue weighted by Gasteiger charge is -2.21. The molecule has 0 bridgehead atoms. The fraction of sp³-hybridized carbons (Fsp3) is 0.192. The predicted molar refractivity (Wildman–Crippen MR) is 126 cm³/mol. The quantitative estimate of drug-likeness (QED) is 0.499. The summed E-state index contributed by atoms with van der Waals surface area (Å²) < 4.78 is 0. The Morgan fingerprint density at radius 1 is 0.935 bits per heavy atom. The summed E-state index contributed by atoms with van der Waals surface area (Å²) in [6.07, 6.45) is 2.19. The van der Waals surface area contributed by atoms with Gasteiger partial charge in [0.15, 0.2) is 5.82 Å². The molecule has 31 heavy (non-hydrogen) atoms. The summed E-state index contributed by atoms with van der Waals surface area (Å²) in [5.41, 5.74) is 12.6. The smallest absolute Gasteiger partial charge is 0.151 e. The average Bonchev–Trinajstić information content (AvgIpc) is 3.34. The first-order chi connectivity index (χ1) is 15.2. The first-order valence-electron chi connectivity index (χ1n) is 10.6. The maximum absolute atomic E-state index is 10.1. The van der Waals surface area contributed by atoms with Gasteiger partial charge in [0.05, 0.1) is 16.6 Å². The molecule has 2 aromatic carbocycles. The lowest BCUT2D eigenvalue weighted by atomic mass is 9.97. The van der Waals surface area contributed by atoms with Gasteiger partial charge in [-0.2, -0.15) is 5.26 Å². The van der Waals surface area contributed by atoms with Crippen LogP contribution in [0.2, 0.25) is 0 Å². The molecule has 0 unspecified atom stereocenters. The summed E-state index contributed by atoms with van der Waals surface area (Å²) in [7, 11) is 0. The number of anilines is 2. The molecule has 1 saturated heterocycles. The largest absolute Gasteiger partial charge is 0.383 e. The number of pyridine rings is 2. The van der Waals surface area contributed by atoms with Crippen molar-refractivity contribution in [2.75, 3.05) is 23.7 Å². The number of nitrogen functional groups attached to an aromatic ring is 1. The van der Waals surface area contributed by atoms with Crippen LogP contribution in [0, 0.1) is 18.3 Å². The highest BCUT2D eigenvalue weighted by molar-refractivity contribution is 6.06. The summed E-state index contributed by atoms with van der Waals surface area (Å²) in [6.45, 7) is 3.83. The lowest BCUT2D eigenvalue weighted by molar-refractivity contribution is 0.938. The van der Waals surface area contributed by atoms with E-state index < -0.39 is 0 Å². The lowest BCUT2D eigenvalue weighted by Crippen LogP contribution is -2.21. The zero-order chi connectivity index (χ0) is 21.4. The van der Waals surface area contributed by atoms with Crippen LogP contribution < -0.4 is 10.6 Å². The van der Waals surface area contributed by atoms with Gasteiger partial charge in [-0.25, -0.2) is 9.97 Å². The Morgan fingerprint density at radius 2 is 1.65 bits per heavy atom. The molecule has 5 nitrogen and oxygen atoms in total. The monoisotopic (exact) mass is 405 g/mol. The molecule has 5 heteroatoms. The van der Waals surface area contributed by atoms with Crippen LogP contribution in [0.25, 0.3) is 33.3 Å². The van der Waals surface area contributed by atoms with Crippen LogP contribution in [0.1, 0.15) is 24.0 Å². The second-order valence-electron chi connectivity index (χ2n) is 8.01. The predicted octanol–water partition coefficient (Wildman–Crippen LogP) is 5.33. The van der Waals surface area contributed by atoms with Crippen molar-refractivity contribution in [1.29, 1.82) is 5.26 Å². The van der Waals surface area contributed by atoms with Crippen LogP contribution in [0.15, 0.2) is 60.7 Å². The van der Waals surface area contributed by atoms with Crippen LogP contribution in [-0.2, 0) is 0 Å². The van der Waals surface area contributed by atoms with Gasteiger partial charge >= 0.3 is 0 Å². The maximum atomic E-state index is 10.1. The van der Waals surface area contributed by atoms with Crippen LogP contribution in [-0.4, -0.2) is 23.1 Å². The topological polar surface area (TPSA) is 78.8 Å². The van der Waals surface area contributed by atoms with E-state index in [0.29, 0.717) is 22.7 Å². The number of aromatic nitrogens is 2. The van der Waals surface area contributed by atoms with Crippen LogP contribution in [0.3, 0.4) is 0 Å². The normalized spacial score (nSPS) is 13.5. The van der Waals surface area contributed by atoms with E-state index in [1.807, 2.05) is 30.3 Å². The zero-order valence-corrected chi connectivity index (χ0v) is 17.5. The van der Waals surface area contributed by atoms with E-state index in [1.165, 1.54) is 5.56 Å². The van der Waals surface area contributed by atoms with Crippen molar-refractivity contribution in [2.24, 2.45) is 0 Å². The highest BCUT2D eigenvalue weighted by atomic mass is 15.2. The van der Waals surface area contributed by atoms with Crippen molar-refractivity contribution in [1.82, 2.24) is 9.97 Å². The number of nitrogens with zero attached hydrogens (tertiary/aromatic N) is 4. The van der Waals surface area contributed by atoms with Gasteiger partial charge in [-0.3, -0.25) is 0 Å². The first-order valence-corrected chi connectivity index (χ1v) is 10.6. The molecule has 152 valence electrons. The molecule has 0 amide bonds. The number of hydrogen-bond donors (Lipinski definition) is 1. The number of fused-ring (bicyclic) bond motifs is 1. The Balaban J connectivity index is 1.86. The van der Waals surface area contributed by atoms with Crippen molar-refractivity contribution in [3.8, 4) is 28.5 Å². The molecule has 5 rings (SSSR count). The van der Waals surface area contributed by atoms with Crippen molar-refractivity contribution in [3.63, 3.8) is 0 Å². The third-order valence-electron chi connectivity index (χ3n) is 5.91. The van der Waals surface area contributed by atoms with E-state index in [-0.39, 0.29) is 0 Å². The second kappa shape index (κ2) is 7.73. The highest BCUT2D eigenvalue weighted by Gasteiger charge is 2.24. The van der Waals surface area contributed by atoms with Crippen LogP contribution >= 0.6 is 0 Å². The highest BCUT2D eigenvalue weighted by Crippen LogP contribution is 2.39. The molecule has 3 heterocycles. The molecule has 2 N–H and O–H groups in total. The van der Waals surface area contributed by atoms with E-state index in [4.69, 9.17) is 15.7 Å². The van der Waals surface area contributed by atoms with E-state index in [9.17, 15) is 5.26 Å². The third kappa shape index (κ3) is 3.36. The average molecular weight is 406 g/mol. The Morgan fingerprint density at radius 3 is 2.32 bits per heavy atom. The molecule has 0 aliphatic carbocycles. The van der Waals surface area contributed by atoms with Gasteiger partial charge in [0, 0.05) is 18.7 Å². The molecule has 1 aliphatic rings. The van der Waals surface area contributed by atoms with Gasteiger partial charge in [-0.1, -0.05) is 60.2 Å². The van der Waals surface area contributed by atoms with Gasteiger partial charge in [-0.15, -0.1) is 0 Å². The molecule has 1 aliphatic heterocycles. The number of hydrogen-bond acceptors (Lipinski definition) is 5. The van der Waals surface area contributed by atoms with E-state index in [2.05, 4.69) is 48.2 Å². The Bertz CT molecular complexity index is 1300. The van der Waals surface area contributed by atoms with Gasteiger partial charge in [-0.05, 0) is 37.0 Å². The fourth-order valence-electron chi connectivity index (χ4n) is 4.30. The molecule has 0 atom stereocenters. The Labute approximate surface area is 181 Å². The molecular formula is C26H23N5. The van der Waals surface area contributed by atoms with Gasteiger partial charge in [0.2, 0.25) is 0 Å². The Kier molecular flexibility index (Phi) is 4.76. The van der Waals surface area contributed by atoms with Crippen LogP contribution in [0.5, 0.6) is 0 Å². The summed E-state index contributed by atoms with van der Waals surface area (Å²) in [4.78, 5) is 11.8. The van der Waals surface area contributed by atoms with E-state index in [0.717, 1.165) is 53.7 Å². The van der Waals surface area contributed by atoms with Gasteiger partial charge in [0.1, 0.15) is 17.5 Å². The Hall–Kier alpha value is -3.91. The number of benzene rings is 2. The van der Waals surface area contributed by atoms with Crippen molar-refractivity contribution < 1.29 is 0 Å². The SMILES string of the molecule is Cc1ccc(-c2cc(-c3ccccc3)c3c(N)nc(N4CCCC4)c(C#N)c3n2)cc1. The second-order valence-corrected chi connectivity index (χ2v) is 8.01. The standard InChI is InChI=1S/C26H23N5/c1-17-9-11-19(12-10-17)22-15-20(18-7-3-2-4-8-18)23-24(29-22)21(16-27)26(30-25(23)28)31-13-5-6-14-31/h2-4,7-12,15H,5-6,13-14H2,1H3,(H2,28,30). The molecule has 1 fully saturated rings.